The number of aryl methyl sites for hydroxylation is 1. The van der Waals surface area contributed by atoms with E-state index in [4.69, 9.17) is 0 Å². The number of hydrogen-bond donors (Lipinski definition) is 2. The molecule has 2 N–H and O–H groups in total. The fourth-order valence-corrected chi connectivity index (χ4v) is 2.15. The van der Waals surface area contributed by atoms with Gasteiger partial charge in [0.15, 0.2) is 5.65 Å². The van der Waals surface area contributed by atoms with Gasteiger partial charge in [-0.2, -0.15) is 5.10 Å². The van der Waals surface area contributed by atoms with Gasteiger partial charge in [-0.3, -0.25) is 4.68 Å². The van der Waals surface area contributed by atoms with Gasteiger partial charge in [-0.25, -0.2) is 14.4 Å². The second kappa shape index (κ2) is 5.45. The van der Waals surface area contributed by atoms with Crippen LogP contribution in [0.4, 0.5) is 10.2 Å². The highest BCUT2D eigenvalue weighted by molar-refractivity contribution is 5.85. The highest BCUT2D eigenvalue weighted by atomic mass is 19.1. The average molecular weight is 287 g/mol. The Morgan fingerprint density at radius 1 is 1.33 bits per heavy atom. The number of halogens is 1. The van der Waals surface area contributed by atoms with Gasteiger partial charge in [0, 0.05) is 19.2 Å². The molecular weight excluding hydrogens is 273 g/mol. The first kappa shape index (κ1) is 13.4. The molecule has 0 unspecified atom stereocenters. The fraction of sp³-hybridized carbons (Fsp3) is 0.214. The van der Waals surface area contributed by atoms with Crippen molar-refractivity contribution in [1.29, 1.82) is 0 Å². The van der Waals surface area contributed by atoms with E-state index in [1.54, 1.807) is 36.1 Å². The Labute approximate surface area is 120 Å². The molecule has 21 heavy (non-hydrogen) atoms. The van der Waals surface area contributed by atoms with Crippen molar-refractivity contribution >= 4 is 16.9 Å². The van der Waals surface area contributed by atoms with Crippen LogP contribution < -0.4 is 5.32 Å². The third kappa shape index (κ3) is 2.55. The molecule has 3 aromatic rings. The molecular formula is C14H14FN5O. The number of benzene rings is 1. The zero-order valence-electron chi connectivity index (χ0n) is 11.4. The number of anilines is 1. The van der Waals surface area contributed by atoms with Crippen LogP contribution in [0.15, 0.2) is 36.8 Å². The molecule has 1 atom stereocenters. The number of nitrogens with zero attached hydrogens (tertiary/aromatic N) is 4. The summed E-state index contributed by atoms with van der Waals surface area (Å²) in [4.78, 5) is 8.26. The standard InChI is InChI=1S/C14H14FN5O/c1-20-14-10(6-19-20)13(17-8-18-14)16-7-12(21)9-4-2-3-5-11(9)15/h2-6,8,12,21H,7H2,1H3,(H,16,17,18)/t12-/m1/s1. The lowest BCUT2D eigenvalue weighted by molar-refractivity contribution is 0.186. The number of hydrogen-bond acceptors (Lipinski definition) is 5. The van der Waals surface area contributed by atoms with Crippen LogP contribution in [-0.4, -0.2) is 31.4 Å². The summed E-state index contributed by atoms with van der Waals surface area (Å²) in [6, 6.07) is 6.15. The van der Waals surface area contributed by atoms with Gasteiger partial charge in [0.2, 0.25) is 0 Å². The number of nitrogens with one attached hydrogen (secondary N) is 1. The second-order valence-corrected chi connectivity index (χ2v) is 4.65. The molecule has 0 spiro atoms. The second-order valence-electron chi connectivity index (χ2n) is 4.65. The highest BCUT2D eigenvalue weighted by Crippen LogP contribution is 2.20. The molecule has 108 valence electrons. The van der Waals surface area contributed by atoms with E-state index in [1.807, 2.05) is 0 Å². The Bertz CT molecular complexity index is 773. The first-order valence-electron chi connectivity index (χ1n) is 6.46. The number of aromatic nitrogens is 4. The molecule has 0 aliphatic carbocycles. The van der Waals surface area contributed by atoms with Crippen LogP contribution in [0.2, 0.25) is 0 Å². The molecule has 7 heteroatoms. The van der Waals surface area contributed by atoms with Crippen LogP contribution in [0.1, 0.15) is 11.7 Å². The van der Waals surface area contributed by atoms with Gasteiger partial charge in [0.05, 0.1) is 17.7 Å². The van der Waals surface area contributed by atoms with Crippen molar-refractivity contribution in [2.75, 3.05) is 11.9 Å². The molecule has 0 saturated carbocycles. The Balaban J connectivity index is 1.79. The van der Waals surface area contributed by atoms with Crippen LogP contribution in [-0.2, 0) is 7.05 Å². The maximum atomic E-state index is 13.6. The van der Waals surface area contributed by atoms with E-state index >= 15 is 0 Å². The summed E-state index contributed by atoms with van der Waals surface area (Å²) in [6.07, 6.45) is 2.10. The van der Waals surface area contributed by atoms with Crippen molar-refractivity contribution in [3.8, 4) is 0 Å². The van der Waals surface area contributed by atoms with Crippen molar-refractivity contribution < 1.29 is 9.50 Å². The first-order valence-corrected chi connectivity index (χ1v) is 6.46. The van der Waals surface area contributed by atoms with Crippen LogP contribution in [0, 0.1) is 5.82 Å². The minimum absolute atomic E-state index is 0.141. The Hall–Kier alpha value is -2.54. The molecule has 1 aromatic carbocycles. The van der Waals surface area contributed by atoms with E-state index in [9.17, 15) is 9.50 Å². The molecule has 0 radical (unpaired) electrons. The smallest absolute Gasteiger partial charge is 0.163 e. The Morgan fingerprint density at radius 3 is 2.95 bits per heavy atom. The van der Waals surface area contributed by atoms with Crippen molar-refractivity contribution in [3.63, 3.8) is 0 Å². The van der Waals surface area contributed by atoms with Gasteiger partial charge < -0.3 is 10.4 Å². The zero-order valence-corrected chi connectivity index (χ0v) is 11.4. The maximum absolute atomic E-state index is 13.6. The summed E-state index contributed by atoms with van der Waals surface area (Å²) in [5, 5.41) is 17.9. The van der Waals surface area contributed by atoms with Gasteiger partial charge in [-0.05, 0) is 6.07 Å². The van der Waals surface area contributed by atoms with Crippen molar-refractivity contribution in [2.45, 2.75) is 6.10 Å². The van der Waals surface area contributed by atoms with Gasteiger partial charge in [-0.15, -0.1) is 0 Å². The molecule has 2 heterocycles. The number of aliphatic hydroxyl groups is 1. The topological polar surface area (TPSA) is 75.9 Å². The van der Waals surface area contributed by atoms with Gasteiger partial charge in [-0.1, -0.05) is 18.2 Å². The molecule has 0 aliphatic heterocycles. The summed E-state index contributed by atoms with van der Waals surface area (Å²) in [6.45, 7) is 0.141. The lowest BCUT2D eigenvalue weighted by Gasteiger charge is -2.13. The minimum atomic E-state index is -0.965. The third-order valence-electron chi connectivity index (χ3n) is 3.26. The van der Waals surface area contributed by atoms with Crippen LogP contribution >= 0.6 is 0 Å². The highest BCUT2D eigenvalue weighted by Gasteiger charge is 2.13. The molecule has 2 aromatic heterocycles. The first-order chi connectivity index (χ1) is 10.2. The monoisotopic (exact) mass is 287 g/mol. The van der Waals surface area contributed by atoms with E-state index in [2.05, 4.69) is 20.4 Å². The lowest BCUT2D eigenvalue weighted by atomic mass is 10.1. The SMILES string of the molecule is Cn1ncc2c(NC[C@@H](O)c3ccccc3F)ncnc21. The quantitative estimate of drug-likeness (QED) is 0.763. The van der Waals surface area contributed by atoms with Crippen LogP contribution in [0.3, 0.4) is 0 Å². The molecule has 3 rings (SSSR count). The van der Waals surface area contributed by atoms with E-state index in [1.165, 1.54) is 12.4 Å². The summed E-state index contributed by atoms with van der Waals surface area (Å²) >= 11 is 0. The Morgan fingerprint density at radius 2 is 2.14 bits per heavy atom. The largest absolute Gasteiger partial charge is 0.386 e. The molecule has 0 fully saturated rings. The molecule has 0 aliphatic rings. The summed E-state index contributed by atoms with van der Waals surface area (Å²) < 4.78 is 15.2. The number of aliphatic hydroxyl groups excluding tert-OH is 1. The van der Waals surface area contributed by atoms with Crippen LogP contribution in [0.25, 0.3) is 11.0 Å². The number of fused-ring (bicyclic) bond motifs is 1. The van der Waals surface area contributed by atoms with E-state index in [-0.39, 0.29) is 12.1 Å². The average Bonchev–Trinajstić information content (AvgIpc) is 2.87. The van der Waals surface area contributed by atoms with E-state index < -0.39 is 11.9 Å². The van der Waals surface area contributed by atoms with Gasteiger partial charge in [0.1, 0.15) is 18.0 Å². The van der Waals surface area contributed by atoms with Gasteiger partial charge in [0.25, 0.3) is 0 Å². The Kier molecular flexibility index (Phi) is 3.49. The normalized spacial score (nSPS) is 12.5. The zero-order chi connectivity index (χ0) is 14.8. The molecule has 0 bridgehead atoms. The van der Waals surface area contributed by atoms with Gasteiger partial charge >= 0.3 is 0 Å². The molecule has 0 saturated heterocycles. The summed E-state index contributed by atoms with van der Waals surface area (Å²) in [5.74, 6) is 0.129. The predicted molar refractivity (Wildman–Crippen MR) is 76.2 cm³/mol. The fourth-order valence-electron chi connectivity index (χ4n) is 2.15. The van der Waals surface area contributed by atoms with Crippen molar-refractivity contribution in [1.82, 2.24) is 19.7 Å². The van der Waals surface area contributed by atoms with Crippen LogP contribution in [0.5, 0.6) is 0 Å². The lowest BCUT2D eigenvalue weighted by Crippen LogP contribution is -2.14. The molecule has 0 amide bonds. The summed E-state index contributed by atoms with van der Waals surface area (Å²) in [7, 11) is 1.79. The minimum Gasteiger partial charge on any atom is -0.386 e. The summed E-state index contributed by atoms with van der Waals surface area (Å²) in [5.41, 5.74) is 0.939. The van der Waals surface area contributed by atoms with Crippen molar-refractivity contribution in [3.05, 3.63) is 48.2 Å². The molecule has 6 nitrogen and oxygen atoms in total. The van der Waals surface area contributed by atoms with Crippen molar-refractivity contribution in [2.24, 2.45) is 7.05 Å². The predicted octanol–water partition coefficient (Wildman–Crippen LogP) is 1.65. The number of rotatable bonds is 4. The maximum Gasteiger partial charge on any atom is 0.163 e. The van der Waals surface area contributed by atoms with E-state index in [0.717, 1.165) is 5.39 Å². The third-order valence-corrected chi connectivity index (χ3v) is 3.26. The van der Waals surface area contributed by atoms with E-state index in [0.29, 0.717) is 11.5 Å².